The first-order valence-electron chi connectivity index (χ1n) is 11.3. The number of aryl methyl sites for hydroxylation is 1. The van der Waals surface area contributed by atoms with Crippen LogP contribution in [0.4, 0.5) is 14.2 Å². The number of nitrogens with one attached hydrogen (secondary N) is 1. The van der Waals surface area contributed by atoms with Crippen molar-refractivity contribution in [2.45, 2.75) is 45.6 Å². The summed E-state index contributed by atoms with van der Waals surface area (Å²) in [5.41, 5.74) is 3.46. The highest BCUT2D eigenvalue weighted by atomic mass is 32.1. The Bertz CT molecular complexity index is 968. The Labute approximate surface area is 192 Å². The Morgan fingerprint density at radius 3 is 2.47 bits per heavy atom. The summed E-state index contributed by atoms with van der Waals surface area (Å²) in [4.78, 5) is 29.6. The van der Waals surface area contributed by atoms with Gasteiger partial charge in [0.05, 0.1) is 12.6 Å². The number of halogens is 1. The molecular weight excluding hydrogens is 429 g/mol. The molecule has 1 aromatic carbocycles. The zero-order valence-electron chi connectivity index (χ0n) is 18.7. The first kappa shape index (κ1) is 22.7. The zero-order chi connectivity index (χ0) is 22.7. The van der Waals surface area contributed by atoms with Gasteiger partial charge in [0.2, 0.25) is 5.91 Å². The van der Waals surface area contributed by atoms with E-state index in [1.54, 1.807) is 16.2 Å². The predicted octanol–water partition coefficient (Wildman–Crippen LogP) is 4.59. The molecular formula is C24H30FN3O3S. The van der Waals surface area contributed by atoms with Crippen LogP contribution in [-0.2, 0) is 22.4 Å². The molecule has 0 radical (unpaired) electrons. The first-order valence-corrected chi connectivity index (χ1v) is 12.1. The predicted molar refractivity (Wildman–Crippen MR) is 124 cm³/mol. The number of carbonyl (C=O) groups is 2. The third-order valence-corrected chi connectivity index (χ3v) is 7.39. The molecule has 32 heavy (non-hydrogen) atoms. The van der Waals surface area contributed by atoms with Crippen LogP contribution in [0.5, 0.6) is 0 Å². The second-order valence-corrected chi connectivity index (χ2v) is 9.42. The van der Waals surface area contributed by atoms with E-state index in [0.29, 0.717) is 32.8 Å². The summed E-state index contributed by atoms with van der Waals surface area (Å²) in [6, 6.07) is 6.55. The van der Waals surface area contributed by atoms with E-state index in [9.17, 15) is 14.0 Å². The number of carbonyl (C=O) groups excluding carboxylic acids is 2. The maximum atomic E-state index is 13.7. The molecule has 2 heterocycles. The summed E-state index contributed by atoms with van der Waals surface area (Å²) < 4.78 is 18.9. The lowest BCUT2D eigenvalue weighted by molar-refractivity contribution is -0.114. The van der Waals surface area contributed by atoms with Crippen LogP contribution in [0.3, 0.4) is 0 Å². The standard InChI is InChI=1S/C24H30FN3O3S/c1-3-31-24(30)28-14-12-27(13-15-28)22(17-8-10-18(25)11-9-17)21-19-6-4-5-7-20(19)32-23(21)26-16(2)29/h8-11,22H,3-7,12-15H2,1-2H3,(H,26,29). The van der Waals surface area contributed by atoms with E-state index < -0.39 is 0 Å². The van der Waals surface area contributed by atoms with E-state index in [1.807, 2.05) is 19.1 Å². The molecule has 0 bridgehead atoms. The van der Waals surface area contributed by atoms with Crippen LogP contribution in [0.25, 0.3) is 0 Å². The number of hydrogen-bond donors (Lipinski definition) is 1. The van der Waals surface area contributed by atoms with Crippen molar-refractivity contribution < 1.29 is 18.7 Å². The highest BCUT2D eigenvalue weighted by molar-refractivity contribution is 7.16. The van der Waals surface area contributed by atoms with Crippen LogP contribution < -0.4 is 5.32 Å². The molecule has 1 atom stereocenters. The lowest BCUT2D eigenvalue weighted by atomic mass is 9.88. The average Bonchev–Trinajstić information content (AvgIpc) is 3.13. The average molecular weight is 460 g/mol. The van der Waals surface area contributed by atoms with Crippen LogP contribution in [0.2, 0.25) is 0 Å². The SMILES string of the molecule is CCOC(=O)N1CCN(C(c2ccc(F)cc2)c2c(NC(C)=O)sc3c2CCCC3)CC1. The Kier molecular flexibility index (Phi) is 7.10. The molecule has 1 unspecified atom stereocenters. The molecule has 2 aromatic rings. The number of amides is 2. The van der Waals surface area contributed by atoms with Crippen molar-refractivity contribution in [3.8, 4) is 0 Å². The van der Waals surface area contributed by atoms with Gasteiger partial charge in [-0.25, -0.2) is 9.18 Å². The molecule has 1 aliphatic heterocycles. The van der Waals surface area contributed by atoms with Gasteiger partial charge in [-0.15, -0.1) is 11.3 Å². The second kappa shape index (κ2) is 10.0. The lowest BCUT2D eigenvalue weighted by Crippen LogP contribution is -2.50. The molecule has 0 spiro atoms. The molecule has 1 fully saturated rings. The van der Waals surface area contributed by atoms with Gasteiger partial charge in [0.15, 0.2) is 0 Å². The van der Waals surface area contributed by atoms with Crippen LogP contribution in [0.15, 0.2) is 24.3 Å². The molecule has 6 nitrogen and oxygen atoms in total. The van der Waals surface area contributed by atoms with Crippen LogP contribution in [0.1, 0.15) is 54.3 Å². The van der Waals surface area contributed by atoms with Crippen molar-refractivity contribution in [1.29, 1.82) is 0 Å². The van der Waals surface area contributed by atoms with E-state index in [2.05, 4.69) is 10.2 Å². The molecule has 8 heteroatoms. The van der Waals surface area contributed by atoms with Crippen molar-refractivity contribution in [1.82, 2.24) is 9.80 Å². The van der Waals surface area contributed by atoms with Crippen molar-refractivity contribution in [2.75, 3.05) is 38.1 Å². The molecule has 0 saturated carbocycles. The molecule has 2 amide bonds. The fraction of sp³-hybridized carbons (Fsp3) is 0.500. The number of hydrogen-bond acceptors (Lipinski definition) is 5. The van der Waals surface area contributed by atoms with Gasteiger partial charge in [0.1, 0.15) is 10.8 Å². The van der Waals surface area contributed by atoms with Crippen molar-refractivity contribution in [2.24, 2.45) is 0 Å². The minimum Gasteiger partial charge on any atom is -0.450 e. The van der Waals surface area contributed by atoms with Gasteiger partial charge in [0, 0.05) is 43.5 Å². The number of rotatable bonds is 5. The van der Waals surface area contributed by atoms with Crippen molar-refractivity contribution in [3.05, 3.63) is 51.7 Å². The number of fused-ring (bicyclic) bond motifs is 1. The lowest BCUT2D eigenvalue weighted by Gasteiger charge is -2.40. The molecule has 172 valence electrons. The van der Waals surface area contributed by atoms with E-state index in [1.165, 1.54) is 29.5 Å². The number of ether oxygens (including phenoxy) is 1. The van der Waals surface area contributed by atoms with E-state index in [4.69, 9.17) is 4.74 Å². The number of piperazine rings is 1. The monoisotopic (exact) mass is 459 g/mol. The Morgan fingerprint density at radius 2 is 1.81 bits per heavy atom. The molecule has 1 aliphatic carbocycles. The van der Waals surface area contributed by atoms with Crippen LogP contribution in [0, 0.1) is 5.82 Å². The Hall–Kier alpha value is -2.45. The maximum Gasteiger partial charge on any atom is 0.409 e. The first-order chi connectivity index (χ1) is 15.5. The van der Waals surface area contributed by atoms with Gasteiger partial charge in [0.25, 0.3) is 0 Å². The Morgan fingerprint density at radius 1 is 1.12 bits per heavy atom. The van der Waals surface area contributed by atoms with Gasteiger partial charge in [-0.3, -0.25) is 9.69 Å². The minimum atomic E-state index is -0.280. The molecule has 1 saturated heterocycles. The number of thiophene rings is 1. The summed E-state index contributed by atoms with van der Waals surface area (Å²) in [6.07, 6.45) is 4.02. The number of anilines is 1. The fourth-order valence-corrected chi connectivity index (χ4v) is 6.08. The van der Waals surface area contributed by atoms with Crippen molar-refractivity contribution in [3.63, 3.8) is 0 Å². The third-order valence-electron chi connectivity index (χ3n) is 6.17. The highest BCUT2D eigenvalue weighted by Crippen LogP contribution is 2.45. The van der Waals surface area contributed by atoms with Crippen LogP contribution >= 0.6 is 11.3 Å². The van der Waals surface area contributed by atoms with Crippen molar-refractivity contribution >= 4 is 28.3 Å². The molecule has 1 aromatic heterocycles. The number of nitrogens with zero attached hydrogens (tertiary/aromatic N) is 2. The third kappa shape index (κ3) is 4.81. The summed E-state index contributed by atoms with van der Waals surface area (Å²) in [5.74, 6) is -0.358. The van der Waals surface area contributed by atoms with Gasteiger partial charge < -0.3 is 15.0 Å². The largest absolute Gasteiger partial charge is 0.450 e. The van der Waals surface area contributed by atoms with Gasteiger partial charge >= 0.3 is 6.09 Å². The molecule has 2 aliphatic rings. The van der Waals surface area contributed by atoms with Gasteiger partial charge in [-0.1, -0.05) is 12.1 Å². The Balaban J connectivity index is 1.72. The van der Waals surface area contributed by atoms with Crippen LogP contribution in [-0.4, -0.2) is 54.6 Å². The molecule has 1 N–H and O–H groups in total. The maximum absolute atomic E-state index is 13.7. The smallest absolute Gasteiger partial charge is 0.409 e. The quantitative estimate of drug-likeness (QED) is 0.711. The van der Waals surface area contributed by atoms with E-state index >= 15 is 0 Å². The molecule has 4 rings (SSSR count). The second-order valence-electron chi connectivity index (χ2n) is 8.31. The van der Waals surface area contributed by atoms with E-state index in [0.717, 1.165) is 41.8 Å². The normalized spacial score (nSPS) is 17.5. The van der Waals surface area contributed by atoms with Gasteiger partial charge in [-0.05, 0) is 55.9 Å². The fourth-order valence-electron chi connectivity index (χ4n) is 4.71. The van der Waals surface area contributed by atoms with Gasteiger partial charge in [-0.2, -0.15) is 0 Å². The number of benzene rings is 1. The summed E-state index contributed by atoms with van der Waals surface area (Å²) in [6.45, 7) is 6.18. The minimum absolute atomic E-state index is 0.0881. The summed E-state index contributed by atoms with van der Waals surface area (Å²) in [7, 11) is 0. The topological polar surface area (TPSA) is 61.9 Å². The van der Waals surface area contributed by atoms with E-state index in [-0.39, 0.29) is 23.9 Å². The highest BCUT2D eigenvalue weighted by Gasteiger charge is 2.34. The summed E-state index contributed by atoms with van der Waals surface area (Å²) >= 11 is 1.68. The zero-order valence-corrected chi connectivity index (χ0v) is 19.5. The summed E-state index contributed by atoms with van der Waals surface area (Å²) in [5, 5.41) is 3.96.